The summed E-state index contributed by atoms with van der Waals surface area (Å²) in [6.45, 7) is 4.75. The SMILES string of the molecule is Cc1cccc(-n2c(SCCCC(=O)N3CCOCC3)nnc2-c2c[nH]c3ccccc23)c1. The van der Waals surface area contributed by atoms with E-state index in [2.05, 4.69) is 63.1 Å². The third-order valence-electron chi connectivity index (χ3n) is 5.85. The van der Waals surface area contributed by atoms with E-state index in [9.17, 15) is 4.79 Å². The summed E-state index contributed by atoms with van der Waals surface area (Å²) in [5.41, 5.74) is 4.31. The van der Waals surface area contributed by atoms with E-state index < -0.39 is 0 Å². The van der Waals surface area contributed by atoms with E-state index in [-0.39, 0.29) is 5.91 Å². The Balaban J connectivity index is 1.38. The van der Waals surface area contributed by atoms with Crippen LogP contribution in [-0.4, -0.2) is 62.6 Å². The third-order valence-corrected chi connectivity index (χ3v) is 6.87. The first-order chi connectivity index (χ1) is 16.2. The number of hydrogen-bond acceptors (Lipinski definition) is 5. The van der Waals surface area contributed by atoms with E-state index in [0.29, 0.717) is 32.7 Å². The lowest BCUT2D eigenvalue weighted by atomic mass is 10.1. The first-order valence-electron chi connectivity index (χ1n) is 11.3. The van der Waals surface area contributed by atoms with Crippen LogP contribution >= 0.6 is 11.8 Å². The van der Waals surface area contributed by atoms with Gasteiger partial charge in [0.2, 0.25) is 5.91 Å². The molecule has 0 saturated carbocycles. The summed E-state index contributed by atoms with van der Waals surface area (Å²) < 4.78 is 7.46. The number of nitrogens with zero attached hydrogens (tertiary/aromatic N) is 4. The van der Waals surface area contributed by atoms with Crippen LogP contribution in [0.25, 0.3) is 28.0 Å². The molecule has 33 heavy (non-hydrogen) atoms. The van der Waals surface area contributed by atoms with E-state index in [4.69, 9.17) is 4.74 Å². The molecule has 7 nitrogen and oxygen atoms in total. The maximum atomic E-state index is 12.4. The van der Waals surface area contributed by atoms with Gasteiger partial charge in [-0.15, -0.1) is 10.2 Å². The van der Waals surface area contributed by atoms with Gasteiger partial charge >= 0.3 is 0 Å². The van der Waals surface area contributed by atoms with Crippen LogP contribution in [0, 0.1) is 6.92 Å². The average molecular weight is 462 g/mol. The summed E-state index contributed by atoms with van der Waals surface area (Å²) >= 11 is 1.64. The molecule has 1 amide bonds. The maximum absolute atomic E-state index is 12.4. The number of aromatic nitrogens is 4. The second-order valence-electron chi connectivity index (χ2n) is 8.17. The molecule has 0 bridgehead atoms. The number of ether oxygens (including phenoxy) is 1. The molecule has 2 aromatic carbocycles. The van der Waals surface area contributed by atoms with Gasteiger partial charge in [0.1, 0.15) is 0 Å². The number of aromatic amines is 1. The molecule has 0 spiro atoms. The number of rotatable bonds is 7. The molecule has 2 aromatic heterocycles. The van der Waals surface area contributed by atoms with E-state index in [0.717, 1.165) is 45.3 Å². The Kier molecular flexibility index (Phi) is 6.46. The molecule has 1 saturated heterocycles. The van der Waals surface area contributed by atoms with Gasteiger partial charge < -0.3 is 14.6 Å². The Morgan fingerprint density at radius 2 is 1.97 bits per heavy atom. The molecular formula is C25H27N5O2S. The molecule has 1 N–H and O–H groups in total. The highest BCUT2D eigenvalue weighted by Crippen LogP contribution is 2.32. The van der Waals surface area contributed by atoms with Crippen LogP contribution in [0.4, 0.5) is 0 Å². The summed E-state index contributed by atoms with van der Waals surface area (Å²) in [6, 6.07) is 16.6. The molecule has 0 unspecified atom stereocenters. The summed E-state index contributed by atoms with van der Waals surface area (Å²) in [6.07, 6.45) is 3.33. The zero-order valence-corrected chi connectivity index (χ0v) is 19.5. The van der Waals surface area contributed by atoms with E-state index >= 15 is 0 Å². The monoisotopic (exact) mass is 461 g/mol. The van der Waals surface area contributed by atoms with Gasteiger partial charge in [0, 0.05) is 53.6 Å². The second kappa shape index (κ2) is 9.80. The van der Waals surface area contributed by atoms with Crippen molar-refractivity contribution in [2.24, 2.45) is 0 Å². The highest BCUT2D eigenvalue weighted by molar-refractivity contribution is 7.99. The van der Waals surface area contributed by atoms with Gasteiger partial charge in [-0.25, -0.2) is 0 Å². The van der Waals surface area contributed by atoms with Gasteiger partial charge in [0.15, 0.2) is 11.0 Å². The predicted molar refractivity (Wildman–Crippen MR) is 131 cm³/mol. The number of thioether (sulfide) groups is 1. The number of H-pyrrole nitrogens is 1. The number of nitrogens with one attached hydrogen (secondary N) is 1. The van der Waals surface area contributed by atoms with Crippen LogP contribution in [0.2, 0.25) is 0 Å². The largest absolute Gasteiger partial charge is 0.378 e. The second-order valence-corrected chi connectivity index (χ2v) is 9.24. The molecule has 170 valence electrons. The fourth-order valence-electron chi connectivity index (χ4n) is 4.15. The molecule has 5 rings (SSSR count). The normalized spacial score (nSPS) is 14.2. The molecule has 1 aliphatic heterocycles. The van der Waals surface area contributed by atoms with Gasteiger partial charge in [-0.05, 0) is 37.1 Å². The van der Waals surface area contributed by atoms with Crippen LogP contribution < -0.4 is 0 Å². The quantitative estimate of drug-likeness (QED) is 0.325. The number of para-hydroxylation sites is 1. The minimum absolute atomic E-state index is 0.207. The summed E-state index contributed by atoms with van der Waals surface area (Å²) in [4.78, 5) is 17.7. The molecule has 0 aliphatic carbocycles. The van der Waals surface area contributed by atoms with Crippen molar-refractivity contribution in [3.8, 4) is 17.1 Å². The molecule has 1 fully saturated rings. The fourth-order valence-corrected chi connectivity index (χ4v) is 5.04. The van der Waals surface area contributed by atoms with Gasteiger partial charge in [0.25, 0.3) is 0 Å². The maximum Gasteiger partial charge on any atom is 0.222 e. The number of morpholine rings is 1. The van der Waals surface area contributed by atoms with Gasteiger partial charge in [0.05, 0.1) is 13.2 Å². The molecule has 0 atom stereocenters. The lowest BCUT2D eigenvalue weighted by Gasteiger charge is -2.26. The lowest BCUT2D eigenvalue weighted by Crippen LogP contribution is -2.40. The molecular weight excluding hydrogens is 434 g/mol. The van der Waals surface area contributed by atoms with Crippen LogP contribution in [0.3, 0.4) is 0 Å². The molecule has 0 radical (unpaired) electrons. The fraction of sp³-hybridized carbons (Fsp3) is 0.320. The zero-order chi connectivity index (χ0) is 22.6. The van der Waals surface area contributed by atoms with Crippen molar-refractivity contribution < 1.29 is 9.53 Å². The summed E-state index contributed by atoms with van der Waals surface area (Å²) in [5.74, 6) is 1.82. The highest BCUT2D eigenvalue weighted by atomic mass is 32.2. The third kappa shape index (κ3) is 4.67. The van der Waals surface area contributed by atoms with Crippen molar-refractivity contribution >= 4 is 28.6 Å². The Bertz CT molecular complexity index is 1260. The minimum Gasteiger partial charge on any atom is -0.378 e. The average Bonchev–Trinajstić information content (AvgIpc) is 3.46. The summed E-state index contributed by atoms with van der Waals surface area (Å²) in [7, 11) is 0. The number of amides is 1. The number of carbonyl (C=O) groups is 1. The number of hydrogen-bond donors (Lipinski definition) is 1. The van der Waals surface area contributed by atoms with Crippen molar-refractivity contribution in [1.82, 2.24) is 24.6 Å². The molecule has 8 heteroatoms. The molecule has 4 aromatic rings. The van der Waals surface area contributed by atoms with Gasteiger partial charge in [-0.3, -0.25) is 9.36 Å². The number of carbonyl (C=O) groups excluding carboxylic acids is 1. The lowest BCUT2D eigenvalue weighted by molar-refractivity contribution is -0.135. The Morgan fingerprint density at radius 1 is 1.12 bits per heavy atom. The standard InChI is InChI=1S/C25H27N5O2S/c1-18-6-4-7-19(16-18)30-24(21-17-26-22-9-3-2-8-20(21)22)27-28-25(30)33-15-5-10-23(31)29-11-13-32-14-12-29/h2-4,6-9,16-17,26H,5,10-15H2,1H3. The van der Waals surface area contributed by atoms with Crippen molar-refractivity contribution in [1.29, 1.82) is 0 Å². The van der Waals surface area contributed by atoms with Crippen molar-refractivity contribution in [3.05, 3.63) is 60.3 Å². The first kappa shape index (κ1) is 21.7. The van der Waals surface area contributed by atoms with Crippen molar-refractivity contribution in [2.75, 3.05) is 32.1 Å². The number of fused-ring (bicyclic) bond motifs is 1. The van der Waals surface area contributed by atoms with Crippen molar-refractivity contribution in [2.45, 2.75) is 24.9 Å². The Morgan fingerprint density at radius 3 is 2.82 bits per heavy atom. The van der Waals surface area contributed by atoms with Crippen LogP contribution in [-0.2, 0) is 9.53 Å². The number of benzene rings is 2. The predicted octanol–water partition coefficient (Wildman–Crippen LogP) is 4.46. The van der Waals surface area contributed by atoms with E-state index in [1.807, 2.05) is 23.2 Å². The molecule has 3 heterocycles. The van der Waals surface area contributed by atoms with Crippen LogP contribution in [0.1, 0.15) is 18.4 Å². The van der Waals surface area contributed by atoms with Crippen LogP contribution in [0.5, 0.6) is 0 Å². The highest BCUT2D eigenvalue weighted by Gasteiger charge is 2.20. The first-order valence-corrected chi connectivity index (χ1v) is 12.3. The van der Waals surface area contributed by atoms with Gasteiger partial charge in [-0.1, -0.05) is 42.1 Å². The Hall–Kier alpha value is -3.10. The Labute approximate surface area is 197 Å². The number of aryl methyl sites for hydroxylation is 1. The van der Waals surface area contributed by atoms with Crippen LogP contribution in [0.15, 0.2) is 59.9 Å². The minimum atomic E-state index is 0.207. The smallest absolute Gasteiger partial charge is 0.222 e. The van der Waals surface area contributed by atoms with E-state index in [1.54, 1.807) is 11.8 Å². The molecule has 1 aliphatic rings. The van der Waals surface area contributed by atoms with Gasteiger partial charge in [-0.2, -0.15) is 0 Å². The topological polar surface area (TPSA) is 76.0 Å². The van der Waals surface area contributed by atoms with Crippen molar-refractivity contribution in [3.63, 3.8) is 0 Å². The van der Waals surface area contributed by atoms with E-state index in [1.165, 1.54) is 5.56 Å². The zero-order valence-electron chi connectivity index (χ0n) is 18.7. The summed E-state index contributed by atoms with van der Waals surface area (Å²) in [5, 5.41) is 11.1.